The number of carbonyl (C=O) groups excluding carboxylic acids is 1. The first kappa shape index (κ1) is 18.4. The molecule has 1 N–H and O–H groups in total. The molecule has 0 saturated carbocycles. The Bertz CT molecular complexity index is 1040. The normalized spacial score (nSPS) is 13.6. The van der Waals surface area contributed by atoms with Gasteiger partial charge in [-0.3, -0.25) is 9.78 Å². The molecule has 7 heteroatoms. The van der Waals surface area contributed by atoms with Gasteiger partial charge in [-0.2, -0.15) is 5.26 Å². The maximum absolute atomic E-state index is 12.6. The summed E-state index contributed by atoms with van der Waals surface area (Å²) >= 11 is 0. The van der Waals surface area contributed by atoms with Crippen LogP contribution >= 0.6 is 0 Å². The summed E-state index contributed by atoms with van der Waals surface area (Å²) in [5.74, 6) is 0.736. The lowest BCUT2D eigenvalue weighted by atomic mass is 10.2. The second kappa shape index (κ2) is 8.40. The lowest BCUT2D eigenvalue weighted by Crippen LogP contribution is -2.46. The molecule has 0 atom stereocenters. The van der Waals surface area contributed by atoms with Crippen LogP contribution < -0.4 is 15.1 Å². The number of nitrogens with one attached hydrogen (secondary N) is 1. The molecule has 1 saturated heterocycles. The predicted molar refractivity (Wildman–Crippen MR) is 112 cm³/mol. The molecule has 1 amide bonds. The molecule has 4 rings (SSSR count). The van der Waals surface area contributed by atoms with Gasteiger partial charge >= 0.3 is 0 Å². The van der Waals surface area contributed by atoms with Gasteiger partial charge in [0.2, 0.25) is 0 Å². The van der Waals surface area contributed by atoms with Crippen LogP contribution in [0.15, 0.2) is 67.1 Å². The fourth-order valence-electron chi connectivity index (χ4n) is 3.33. The number of hydrogen-bond donors (Lipinski definition) is 1. The molecule has 0 unspecified atom stereocenters. The molecule has 0 radical (unpaired) electrons. The van der Waals surface area contributed by atoms with E-state index in [9.17, 15) is 4.79 Å². The Kier molecular flexibility index (Phi) is 5.34. The first-order chi connectivity index (χ1) is 14.2. The van der Waals surface area contributed by atoms with Crippen LogP contribution in [0.3, 0.4) is 0 Å². The smallest absolute Gasteiger partial charge is 0.257 e. The molecule has 144 valence electrons. The van der Waals surface area contributed by atoms with Crippen molar-refractivity contribution in [1.29, 1.82) is 5.26 Å². The van der Waals surface area contributed by atoms with Crippen molar-refractivity contribution < 1.29 is 4.79 Å². The zero-order chi connectivity index (χ0) is 20.1. The van der Waals surface area contributed by atoms with E-state index in [4.69, 9.17) is 5.26 Å². The highest BCUT2D eigenvalue weighted by Gasteiger charge is 2.19. The van der Waals surface area contributed by atoms with Gasteiger partial charge in [0.25, 0.3) is 5.91 Å². The summed E-state index contributed by atoms with van der Waals surface area (Å²) in [6.07, 6.45) is 5.14. The first-order valence-corrected chi connectivity index (χ1v) is 9.40. The first-order valence-electron chi connectivity index (χ1n) is 9.40. The molecule has 0 spiro atoms. The van der Waals surface area contributed by atoms with E-state index in [0.717, 1.165) is 37.7 Å². The van der Waals surface area contributed by atoms with Crippen molar-refractivity contribution in [2.24, 2.45) is 0 Å². The van der Waals surface area contributed by atoms with Crippen molar-refractivity contribution in [2.75, 3.05) is 41.3 Å². The highest BCUT2D eigenvalue weighted by Crippen LogP contribution is 2.20. The summed E-state index contributed by atoms with van der Waals surface area (Å²) in [4.78, 5) is 25.8. The summed E-state index contributed by atoms with van der Waals surface area (Å²) < 4.78 is 0. The summed E-state index contributed by atoms with van der Waals surface area (Å²) in [6, 6.07) is 16.7. The quantitative estimate of drug-likeness (QED) is 0.744. The van der Waals surface area contributed by atoms with E-state index in [1.807, 2.05) is 24.3 Å². The van der Waals surface area contributed by atoms with Crippen molar-refractivity contribution in [3.63, 3.8) is 0 Å². The Labute approximate surface area is 169 Å². The lowest BCUT2D eigenvalue weighted by molar-refractivity contribution is 0.102. The molecule has 1 fully saturated rings. The minimum absolute atomic E-state index is 0.249. The number of anilines is 3. The summed E-state index contributed by atoms with van der Waals surface area (Å²) in [5.41, 5.74) is 2.49. The van der Waals surface area contributed by atoms with Crippen LogP contribution in [0.2, 0.25) is 0 Å². The van der Waals surface area contributed by atoms with E-state index in [1.165, 1.54) is 0 Å². The number of carbonyl (C=O) groups is 1. The average Bonchev–Trinajstić information content (AvgIpc) is 2.80. The largest absolute Gasteiger partial charge is 0.367 e. The summed E-state index contributed by atoms with van der Waals surface area (Å²) in [7, 11) is 0. The third-order valence-corrected chi connectivity index (χ3v) is 4.85. The molecule has 1 aromatic carbocycles. The van der Waals surface area contributed by atoms with Gasteiger partial charge in [-0.05, 0) is 36.4 Å². The minimum atomic E-state index is -0.249. The van der Waals surface area contributed by atoms with Gasteiger partial charge in [0, 0.05) is 44.3 Å². The number of amides is 1. The van der Waals surface area contributed by atoms with Crippen LogP contribution in [0.25, 0.3) is 0 Å². The lowest BCUT2D eigenvalue weighted by Gasteiger charge is -2.36. The Morgan fingerprint density at radius 3 is 2.59 bits per heavy atom. The summed E-state index contributed by atoms with van der Waals surface area (Å²) in [5, 5.41) is 11.8. The summed E-state index contributed by atoms with van der Waals surface area (Å²) in [6.45, 7) is 3.36. The van der Waals surface area contributed by atoms with Crippen LogP contribution in [0.1, 0.15) is 15.9 Å². The zero-order valence-corrected chi connectivity index (χ0v) is 15.8. The Hall–Kier alpha value is -3.92. The van der Waals surface area contributed by atoms with Gasteiger partial charge in [-0.25, -0.2) is 4.98 Å². The van der Waals surface area contributed by atoms with Crippen LogP contribution in [-0.4, -0.2) is 42.1 Å². The maximum Gasteiger partial charge on any atom is 0.257 e. The second-order valence-corrected chi connectivity index (χ2v) is 6.74. The molecule has 2 aromatic heterocycles. The molecular weight excluding hydrogens is 364 g/mol. The van der Waals surface area contributed by atoms with Crippen molar-refractivity contribution in [1.82, 2.24) is 9.97 Å². The Balaban J connectivity index is 1.42. The Morgan fingerprint density at radius 2 is 1.83 bits per heavy atom. The SMILES string of the molecule is N#Cc1cccc(NC(=O)c2cncc(N3CCN(c4ccccn4)CC3)c2)c1. The van der Waals surface area contributed by atoms with Crippen LogP contribution in [0.5, 0.6) is 0 Å². The second-order valence-electron chi connectivity index (χ2n) is 6.74. The number of aromatic nitrogens is 2. The molecular formula is C22H20N6O. The topological polar surface area (TPSA) is 85.1 Å². The van der Waals surface area contributed by atoms with Crippen molar-refractivity contribution >= 4 is 23.1 Å². The molecule has 7 nitrogen and oxygen atoms in total. The fraction of sp³-hybridized carbons (Fsp3) is 0.182. The van der Waals surface area contributed by atoms with Gasteiger partial charge in [0.15, 0.2) is 0 Å². The van der Waals surface area contributed by atoms with E-state index in [-0.39, 0.29) is 5.91 Å². The molecule has 1 aliphatic heterocycles. The van der Waals surface area contributed by atoms with E-state index in [2.05, 4.69) is 31.2 Å². The Morgan fingerprint density at radius 1 is 1.00 bits per heavy atom. The van der Waals surface area contributed by atoms with Crippen LogP contribution in [-0.2, 0) is 0 Å². The third-order valence-electron chi connectivity index (χ3n) is 4.85. The molecule has 0 bridgehead atoms. The molecule has 3 aromatic rings. The number of hydrogen-bond acceptors (Lipinski definition) is 6. The standard InChI is InChI=1S/C22H20N6O/c23-14-17-4-3-5-19(12-17)26-22(29)18-13-20(16-24-15-18)27-8-10-28(11-9-27)21-6-1-2-7-25-21/h1-7,12-13,15-16H,8-11H2,(H,26,29). The van der Waals surface area contributed by atoms with Crippen molar-refractivity contribution in [3.8, 4) is 6.07 Å². The van der Waals surface area contributed by atoms with E-state index in [1.54, 1.807) is 42.9 Å². The van der Waals surface area contributed by atoms with Gasteiger partial charge < -0.3 is 15.1 Å². The number of benzene rings is 1. The van der Waals surface area contributed by atoms with Gasteiger partial charge in [-0.15, -0.1) is 0 Å². The van der Waals surface area contributed by atoms with Crippen LogP contribution in [0.4, 0.5) is 17.2 Å². The van der Waals surface area contributed by atoms with Crippen molar-refractivity contribution in [3.05, 3.63) is 78.2 Å². The molecule has 0 aliphatic carbocycles. The fourth-order valence-corrected chi connectivity index (χ4v) is 3.33. The molecule has 1 aliphatic rings. The van der Waals surface area contributed by atoms with Crippen molar-refractivity contribution in [2.45, 2.75) is 0 Å². The number of rotatable bonds is 4. The average molecular weight is 384 g/mol. The predicted octanol–water partition coefficient (Wildman–Crippen LogP) is 2.93. The number of pyridine rings is 2. The van der Waals surface area contributed by atoms with Gasteiger partial charge in [-0.1, -0.05) is 12.1 Å². The highest BCUT2D eigenvalue weighted by atomic mass is 16.1. The minimum Gasteiger partial charge on any atom is -0.367 e. The van der Waals surface area contributed by atoms with Crippen LogP contribution in [0, 0.1) is 11.3 Å². The van der Waals surface area contributed by atoms with E-state index < -0.39 is 0 Å². The number of piperazine rings is 1. The van der Waals surface area contributed by atoms with Gasteiger partial charge in [0.05, 0.1) is 29.1 Å². The molecule has 3 heterocycles. The number of nitriles is 1. The number of nitrogens with zero attached hydrogens (tertiary/aromatic N) is 5. The van der Waals surface area contributed by atoms with Gasteiger partial charge in [0.1, 0.15) is 5.82 Å². The zero-order valence-electron chi connectivity index (χ0n) is 15.8. The third kappa shape index (κ3) is 4.33. The van der Waals surface area contributed by atoms with E-state index >= 15 is 0 Å². The monoisotopic (exact) mass is 384 g/mol. The highest BCUT2D eigenvalue weighted by molar-refractivity contribution is 6.04. The maximum atomic E-state index is 12.6. The van der Waals surface area contributed by atoms with E-state index in [0.29, 0.717) is 16.8 Å². The molecule has 29 heavy (non-hydrogen) atoms.